The summed E-state index contributed by atoms with van der Waals surface area (Å²) in [4.78, 5) is 3.59. The zero-order valence-electron chi connectivity index (χ0n) is 10.4. The standard InChI is InChI=1S/C12H18Br2N2OS/c1-16(7-8-3-2-4-17-8)10(6-15)11-5-9(13)12(14)18-11/h5,8,10H,2-4,6-7,15H2,1H3. The van der Waals surface area contributed by atoms with Crippen LogP contribution in [-0.2, 0) is 4.74 Å². The van der Waals surface area contributed by atoms with Crippen LogP contribution >= 0.6 is 43.2 Å². The van der Waals surface area contributed by atoms with Gasteiger partial charge in [0, 0.05) is 29.0 Å². The molecule has 1 fully saturated rings. The van der Waals surface area contributed by atoms with Crippen molar-refractivity contribution in [3.8, 4) is 0 Å². The summed E-state index contributed by atoms with van der Waals surface area (Å²) in [6.07, 6.45) is 2.72. The number of likely N-dealkylation sites (N-methyl/N-ethyl adjacent to an activating group) is 1. The number of thiophene rings is 1. The zero-order chi connectivity index (χ0) is 13.1. The van der Waals surface area contributed by atoms with Crippen molar-refractivity contribution < 1.29 is 4.74 Å². The van der Waals surface area contributed by atoms with E-state index in [9.17, 15) is 0 Å². The third-order valence-electron chi connectivity index (χ3n) is 3.26. The van der Waals surface area contributed by atoms with Gasteiger partial charge in [-0.25, -0.2) is 0 Å². The van der Waals surface area contributed by atoms with E-state index in [1.165, 1.54) is 17.7 Å². The Balaban J connectivity index is 2.02. The Labute approximate surface area is 129 Å². The molecule has 2 N–H and O–H groups in total. The average molecular weight is 398 g/mol. The predicted octanol–water partition coefficient (Wildman–Crippen LogP) is 3.38. The number of hydrogen-bond acceptors (Lipinski definition) is 4. The molecule has 2 rings (SSSR count). The van der Waals surface area contributed by atoms with Crippen molar-refractivity contribution in [2.45, 2.75) is 25.0 Å². The summed E-state index contributed by atoms with van der Waals surface area (Å²) in [6.45, 7) is 2.49. The Kier molecular flexibility index (Phi) is 5.65. The van der Waals surface area contributed by atoms with E-state index in [0.717, 1.165) is 21.4 Å². The summed E-state index contributed by atoms with van der Waals surface area (Å²) in [7, 11) is 2.13. The van der Waals surface area contributed by atoms with Crippen LogP contribution < -0.4 is 5.73 Å². The van der Waals surface area contributed by atoms with Gasteiger partial charge in [0.15, 0.2) is 0 Å². The van der Waals surface area contributed by atoms with Gasteiger partial charge in [0.1, 0.15) is 0 Å². The van der Waals surface area contributed by atoms with Crippen molar-refractivity contribution in [3.05, 3.63) is 19.2 Å². The average Bonchev–Trinajstić information content (AvgIpc) is 2.92. The molecule has 0 spiro atoms. The Morgan fingerprint density at radius 2 is 2.39 bits per heavy atom. The second kappa shape index (κ2) is 6.81. The molecule has 1 aliphatic rings. The molecule has 1 aromatic rings. The lowest BCUT2D eigenvalue weighted by molar-refractivity contribution is 0.0694. The fourth-order valence-electron chi connectivity index (χ4n) is 2.28. The Bertz CT molecular complexity index is 374. The highest BCUT2D eigenvalue weighted by atomic mass is 79.9. The minimum Gasteiger partial charge on any atom is -0.377 e. The van der Waals surface area contributed by atoms with Crippen LogP contribution in [0.2, 0.25) is 0 Å². The minimum atomic E-state index is 0.266. The molecule has 1 aliphatic heterocycles. The molecule has 0 aromatic carbocycles. The number of hydrogen-bond donors (Lipinski definition) is 1. The minimum absolute atomic E-state index is 0.266. The van der Waals surface area contributed by atoms with Crippen LogP contribution in [-0.4, -0.2) is 37.7 Å². The molecule has 2 unspecified atom stereocenters. The van der Waals surface area contributed by atoms with Gasteiger partial charge >= 0.3 is 0 Å². The fourth-order valence-corrected chi connectivity index (χ4v) is 4.55. The molecule has 1 aromatic heterocycles. The molecule has 0 radical (unpaired) electrons. The second-order valence-corrected chi connectivity index (χ2v) is 7.85. The van der Waals surface area contributed by atoms with E-state index in [4.69, 9.17) is 10.5 Å². The van der Waals surface area contributed by atoms with E-state index in [0.29, 0.717) is 12.6 Å². The van der Waals surface area contributed by atoms with E-state index in [1.54, 1.807) is 11.3 Å². The highest BCUT2D eigenvalue weighted by molar-refractivity contribution is 9.13. The maximum atomic E-state index is 5.93. The first-order chi connectivity index (χ1) is 8.61. The smallest absolute Gasteiger partial charge is 0.0843 e. The molecule has 2 atom stereocenters. The van der Waals surface area contributed by atoms with Gasteiger partial charge in [0.05, 0.1) is 15.9 Å². The van der Waals surface area contributed by atoms with Crippen LogP contribution in [0.25, 0.3) is 0 Å². The van der Waals surface area contributed by atoms with Gasteiger partial charge in [-0.05, 0) is 57.8 Å². The van der Waals surface area contributed by atoms with Crippen molar-refractivity contribution in [2.24, 2.45) is 5.73 Å². The molecule has 0 bridgehead atoms. The van der Waals surface area contributed by atoms with Crippen LogP contribution in [0.3, 0.4) is 0 Å². The topological polar surface area (TPSA) is 38.5 Å². The predicted molar refractivity (Wildman–Crippen MR) is 83.1 cm³/mol. The lowest BCUT2D eigenvalue weighted by Crippen LogP contribution is -2.35. The van der Waals surface area contributed by atoms with Crippen molar-refractivity contribution in [2.75, 3.05) is 26.7 Å². The van der Waals surface area contributed by atoms with E-state index >= 15 is 0 Å². The van der Waals surface area contributed by atoms with Crippen LogP contribution in [0.1, 0.15) is 23.8 Å². The maximum Gasteiger partial charge on any atom is 0.0843 e. The highest BCUT2D eigenvalue weighted by Gasteiger charge is 2.23. The van der Waals surface area contributed by atoms with Gasteiger partial charge in [-0.15, -0.1) is 11.3 Å². The number of halogens is 2. The van der Waals surface area contributed by atoms with Crippen LogP contribution in [0, 0.1) is 0 Å². The van der Waals surface area contributed by atoms with E-state index in [-0.39, 0.29) is 6.04 Å². The summed E-state index contributed by atoms with van der Waals surface area (Å²) < 4.78 is 7.92. The largest absolute Gasteiger partial charge is 0.377 e. The Hall–Kier alpha value is 0.540. The molecular formula is C12H18Br2N2OS. The second-order valence-electron chi connectivity index (χ2n) is 4.60. The molecule has 2 heterocycles. The number of nitrogens with zero attached hydrogens (tertiary/aromatic N) is 1. The van der Waals surface area contributed by atoms with Crippen LogP contribution in [0.15, 0.2) is 14.3 Å². The lowest BCUT2D eigenvalue weighted by Gasteiger charge is -2.28. The van der Waals surface area contributed by atoms with Crippen LogP contribution in [0.4, 0.5) is 0 Å². The molecule has 3 nitrogen and oxygen atoms in total. The molecular weight excluding hydrogens is 380 g/mol. The summed E-state index contributed by atoms with van der Waals surface area (Å²) >= 11 is 8.81. The zero-order valence-corrected chi connectivity index (χ0v) is 14.4. The molecule has 1 saturated heterocycles. The molecule has 0 amide bonds. The monoisotopic (exact) mass is 396 g/mol. The number of ether oxygens (including phenoxy) is 1. The number of rotatable bonds is 5. The molecule has 0 aliphatic carbocycles. The summed E-state index contributed by atoms with van der Waals surface area (Å²) in [6, 6.07) is 2.42. The Morgan fingerprint density at radius 3 is 2.89 bits per heavy atom. The van der Waals surface area contributed by atoms with Gasteiger partial charge in [-0.1, -0.05) is 0 Å². The molecule has 102 valence electrons. The molecule has 0 saturated carbocycles. The van der Waals surface area contributed by atoms with Crippen molar-refractivity contribution in [3.63, 3.8) is 0 Å². The van der Waals surface area contributed by atoms with Crippen LogP contribution in [0.5, 0.6) is 0 Å². The van der Waals surface area contributed by atoms with Gasteiger partial charge in [0.25, 0.3) is 0 Å². The van der Waals surface area contributed by atoms with Crippen molar-refractivity contribution in [1.82, 2.24) is 4.90 Å². The highest BCUT2D eigenvalue weighted by Crippen LogP contribution is 2.37. The first-order valence-electron chi connectivity index (χ1n) is 6.08. The van der Waals surface area contributed by atoms with E-state index in [2.05, 4.69) is 49.9 Å². The van der Waals surface area contributed by atoms with E-state index < -0.39 is 0 Å². The lowest BCUT2D eigenvalue weighted by atomic mass is 10.1. The Morgan fingerprint density at radius 1 is 1.61 bits per heavy atom. The first-order valence-corrected chi connectivity index (χ1v) is 8.48. The van der Waals surface area contributed by atoms with Crippen molar-refractivity contribution >= 4 is 43.2 Å². The first kappa shape index (κ1) is 14.9. The van der Waals surface area contributed by atoms with Gasteiger partial charge in [0.2, 0.25) is 0 Å². The summed E-state index contributed by atoms with van der Waals surface area (Å²) in [5, 5.41) is 0. The quantitative estimate of drug-likeness (QED) is 0.827. The third kappa shape index (κ3) is 3.55. The van der Waals surface area contributed by atoms with Gasteiger partial charge < -0.3 is 10.5 Å². The molecule has 18 heavy (non-hydrogen) atoms. The maximum absolute atomic E-state index is 5.93. The molecule has 6 heteroatoms. The van der Waals surface area contributed by atoms with Gasteiger partial charge in [-0.3, -0.25) is 4.90 Å². The summed E-state index contributed by atoms with van der Waals surface area (Å²) in [5.74, 6) is 0. The SMILES string of the molecule is CN(CC1CCCO1)C(CN)c1cc(Br)c(Br)s1. The van der Waals surface area contributed by atoms with E-state index in [1.807, 2.05) is 0 Å². The van der Waals surface area contributed by atoms with Crippen molar-refractivity contribution in [1.29, 1.82) is 0 Å². The fraction of sp³-hybridized carbons (Fsp3) is 0.667. The normalized spacial score (nSPS) is 21.7. The third-order valence-corrected chi connectivity index (χ3v) is 6.62. The number of nitrogens with two attached hydrogens (primary N) is 1. The van der Waals surface area contributed by atoms with Gasteiger partial charge in [-0.2, -0.15) is 0 Å². The summed E-state index contributed by atoms with van der Waals surface area (Å²) in [5.41, 5.74) is 5.93.